The lowest BCUT2D eigenvalue weighted by molar-refractivity contribution is 1.16. The highest BCUT2D eigenvalue weighted by Crippen LogP contribution is 2.36. The Bertz CT molecular complexity index is 658. The molecule has 0 atom stereocenters. The smallest absolute Gasteiger partial charge is 0.180 e. The van der Waals surface area contributed by atoms with Crippen LogP contribution in [-0.2, 0) is 0 Å². The Labute approximate surface area is 118 Å². The molecular weight excluding hydrogens is 312 g/mol. The van der Waals surface area contributed by atoms with Crippen LogP contribution in [0.3, 0.4) is 0 Å². The van der Waals surface area contributed by atoms with E-state index >= 15 is 0 Å². The van der Waals surface area contributed by atoms with Gasteiger partial charge in [-0.1, -0.05) is 6.08 Å². The van der Waals surface area contributed by atoms with Crippen LogP contribution in [0.25, 0.3) is 15.9 Å². The summed E-state index contributed by atoms with van der Waals surface area (Å²) in [6.07, 6.45) is 3.58. The fourth-order valence-corrected chi connectivity index (χ4v) is 3.14. The van der Waals surface area contributed by atoms with Crippen molar-refractivity contribution >= 4 is 55.2 Å². The molecule has 0 unspecified atom stereocenters. The molecule has 2 rings (SSSR count). The van der Waals surface area contributed by atoms with Gasteiger partial charge in [-0.3, -0.25) is 4.99 Å². The van der Waals surface area contributed by atoms with E-state index in [0.29, 0.717) is 11.6 Å². The Hall–Kier alpha value is -1.27. The lowest BCUT2D eigenvalue weighted by Crippen LogP contribution is -1.98. The molecule has 2 heterocycles. The first-order valence-corrected chi connectivity index (χ1v) is 7.07. The van der Waals surface area contributed by atoms with Gasteiger partial charge < -0.3 is 5.73 Å². The SMILES string of the molecule is CC=N/C(=C\C)c1nc(N)c2sc(C)c(Br)c2n1. The molecule has 0 radical (unpaired) electrons. The maximum Gasteiger partial charge on any atom is 0.180 e. The second kappa shape index (κ2) is 5.16. The van der Waals surface area contributed by atoms with E-state index in [1.54, 1.807) is 17.6 Å². The Morgan fingerprint density at radius 3 is 2.72 bits per heavy atom. The highest BCUT2D eigenvalue weighted by atomic mass is 79.9. The monoisotopic (exact) mass is 324 g/mol. The van der Waals surface area contributed by atoms with Crippen molar-refractivity contribution in [3.63, 3.8) is 0 Å². The van der Waals surface area contributed by atoms with Crippen LogP contribution in [0.2, 0.25) is 0 Å². The van der Waals surface area contributed by atoms with Crippen molar-refractivity contribution in [2.45, 2.75) is 20.8 Å². The second-order valence-corrected chi connectivity index (χ2v) is 5.66. The van der Waals surface area contributed by atoms with Gasteiger partial charge in [-0.05, 0) is 36.7 Å². The van der Waals surface area contributed by atoms with Crippen LogP contribution in [0.15, 0.2) is 15.5 Å². The molecule has 0 aliphatic heterocycles. The standard InChI is InChI=1S/C12H13BrN4S/c1-4-7(15-5-2)12-16-9-8(13)6(3)18-10(9)11(14)17-12/h4-5H,1-3H3,(H2,14,16,17)/b7-4-,15-5?. The summed E-state index contributed by atoms with van der Waals surface area (Å²) in [5.41, 5.74) is 7.56. The summed E-state index contributed by atoms with van der Waals surface area (Å²) in [5.74, 6) is 1.05. The first-order valence-electron chi connectivity index (χ1n) is 5.46. The number of rotatable bonds is 2. The van der Waals surface area contributed by atoms with Crippen LogP contribution in [0, 0.1) is 6.92 Å². The quantitative estimate of drug-likeness (QED) is 0.854. The van der Waals surface area contributed by atoms with Gasteiger partial charge in [-0.25, -0.2) is 9.97 Å². The van der Waals surface area contributed by atoms with Crippen LogP contribution in [0.5, 0.6) is 0 Å². The van der Waals surface area contributed by atoms with Gasteiger partial charge in [0, 0.05) is 11.1 Å². The molecule has 2 N–H and O–H groups in total. The first kappa shape index (κ1) is 13.2. The van der Waals surface area contributed by atoms with Gasteiger partial charge in [0.15, 0.2) is 5.82 Å². The molecule has 0 aliphatic rings. The van der Waals surface area contributed by atoms with Crippen LogP contribution >= 0.6 is 27.3 Å². The van der Waals surface area contributed by atoms with Gasteiger partial charge in [-0.2, -0.15) is 0 Å². The van der Waals surface area contributed by atoms with Gasteiger partial charge in [-0.15, -0.1) is 11.3 Å². The van der Waals surface area contributed by atoms with E-state index < -0.39 is 0 Å². The molecule has 2 aromatic rings. The number of allylic oxidation sites excluding steroid dienone is 1. The normalized spacial score (nSPS) is 12.8. The Morgan fingerprint density at radius 1 is 1.39 bits per heavy atom. The third-order valence-electron chi connectivity index (χ3n) is 2.43. The number of nitrogens with zero attached hydrogens (tertiary/aromatic N) is 3. The van der Waals surface area contributed by atoms with Crippen LogP contribution in [0.4, 0.5) is 5.82 Å². The van der Waals surface area contributed by atoms with Gasteiger partial charge in [0.05, 0.1) is 9.17 Å². The predicted octanol–water partition coefficient (Wildman–Crippen LogP) is 3.80. The fourth-order valence-electron chi connectivity index (χ4n) is 1.60. The number of hydrogen-bond donors (Lipinski definition) is 1. The molecule has 18 heavy (non-hydrogen) atoms. The molecular formula is C12H13BrN4S. The number of aryl methyl sites for hydroxylation is 1. The van der Waals surface area contributed by atoms with Crippen molar-refractivity contribution in [2.75, 3.05) is 5.73 Å². The van der Waals surface area contributed by atoms with Gasteiger partial charge in [0.25, 0.3) is 0 Å². The lowest BCUT2D eigenvalue weighted by Gasteiger charge is -2.02. The van der Waals surface area contributed by atoms with Crippen molar-refractivity contribution < 1.29 is 0 Å². The first-order chi connectivity index (χ1) is 8.58. The highest BCUT2D eigenvalue weighted by molar-refractivity contribution is 9.10. The van der Waals surface area contributed by atoms with Crippen molar-refractivity contribution in [2.24, 2.45) is 4.99 Å². The minimum absolute atomic E-state index is 0.499. The zero-order valence-electron chi connectivity index (χ0n) is 10.4. The lowest BCUT2D eigenvalue weighted by atomic mass is 10.3. The van der Waals surface area contributed by atoms with E-state index in [0.717, 1.165) is 25.3 Å². The van der Waals surface area contributed by atoms with E-state index in [2.05, 4.69) is 30.9 Å². The van der Waals surface area contributed by atoms with Crippen molar-refractivity contribution in [3.05, 3.63) is 21.3 Å². The van der Waals surface area contributed by atoms with Crippen LogP contribution in [-0.4, -0.2) is 16.2 Å². The van der Waals surface area contributed by atoms with E-state index in [-0.39, 0.29) is 0 Å². The third-order valence-corrected chi connectivity index (χ3v) is 4.78. The number of aliphatic imine (C=N–C) groups is 1. The summed E-state index contributed by atoms with van der Waals surface area (Å²) in [4.78, 5) is 14.2. The molecule has 4 nitrogen and oxygen atoms in total. The molecule has 0 saturated heterocycles. The largest absolute Gasteiger partial charge is 0.382 e. The molecule has 0 saturated carbocycles. The van der Waals surface area contributed by atoms with Gasteiger partial charge in [0.2, 0.25) is 0 Å². The van der Waals surface area contributed by atoms with Gasteiger partial charge >= 0.3 is 0 Å². The Kier molecular flexibility index (Phi) is 3.77. The minimum atomic E-state index is 0.499. The third kappa shape index (κ3) is 2.18. The van der Waals surface area contributed by atoms with Crippen LogP contribution < -0.4 is 5.73 Å². The summed E-state index contributed by atoms with van der Waals surface area (Å²) in [6, 6.07) is 0. The number of nitrogens with two attached hydrogens (primary N) is 1. The highest BCUT2D eigenvalue weighted by Gasteiger charge is 2.14. The summed E-state index contributed by atoms with van der Waals surface area (Å²) in [7, 11) is 0. The molecule has 2 aromatic heterocycles. The zero-order chi connectivity index (χ0) is 13.3. The van der Waals surface area contributed by atoms with Crippen molar-refractivity contribution in [3.8, 4) is 0 Å². The number of anilines is 1. The summed E-state index contributed by atoms with van der Waals surface area (Å²) in [5, 5.41) is 0. The summed E-state index contributed by atoms with van der Waals surface area (Å²) in [6.45, 7) is 5.78. The number of halogens is 1. The van der Waals surface area contributed by atoms with Gasteiger partial charge in [0.1, 0.15) is 17.0 Å². The average Bonchev–Trinajstić information content (AvgIpc) is 2.64. The van der Waals surface area contributed by atoms with Crippen LogP contribution in [0.1, 0.15) is 24.5 Å². The fraction of sp³-hybridized carbons (Fsp3) is 0.250. The van der Waals surface area contributed by atoms with Crippen molar-refractivity contribution in [1.82, 2.24) is 9.97 Å². The number of hydrogen-bond acceptors (Lipinski definition) is 5. The number of thiophene rings is 1. The molecule has 94 valence electrons. The Morgan fingerprint density at radius 2 is 2.11 bits per heavy atom. The second-order valence-electron chi connectivity index (χ2n) is 3.64. The predicted molar refractivity (Wildman–Crippen MR) is 82.1 cm³/mol. The molecule has 0 fully saturated rings. The molecule has 0 aliphatic carbocycles. The topological polar surface area (TPSA) is 64.2 Å². The molecule has 6 heteroatoms. The molecule has 0 amide bonds. The van der Waals surface area contributed by atoms with E-state index in [1.807, 2.05) is 26.8 Å². The molecule has 0 bridgehead atoms. The van der Waals surface area contributed by atoms with E-state index in [9.17, 15) is 0 Å². The average molecular weight is 325 g/mol. The Balaban J connectivity index is 2.72. The minimum Gasteiger partial charge on any atom is -0.382 e. The van der Waals surface area contributed by atoms with E-state index in [1.165, 1.54) is 0 Å². The summed E-state index contributed by atoms with van der Waals surface area (Å²) >= 11 is 5.13. The number of fused-ring (bicyclic) bond motifs is 1. The van der Waals surface area contributed by atoms with E-state index in [4.69, 9.17) is 5.73 Å². The maximum absolute atomic E-state index is 5.99. The number of aromatic nitrogens is 2. The zero-order valence-corrected chi connectivity index (χ0v) is 12.8. The summed E-state index contributed by atoms with van der Waals surface area (Å²) < 4.78 is 1.90. The molecule has 0 aromatic carbocycles. The number of nitrogen functional groups attached to an aromatic ring is 1. The maximum atomic E-state index is 5.99. The molecule has 0 spiro atoms. The van der Waals surface area contributed by atoms with Crippen molar-refractivity contribution in [1.29, 1.82) is 0 Å².